The Balaban J connectivity index is 2.82. The number of carbonyl (C=O) groups excluding carboxylic acids is 1. The third-order valence-corrected chi connectivity index (χ3v) is 2.13. The number of oxime groups is 1. The van der Waals surface area contributed by atoms with E-state index >= 15 is 0 Å². The molecule has 0 unspecified atom stereocenters. The number of rotatable bonds is 2. The number of hydrogen-bond acceptors (Lipinski definition) is 6. The van der Waals surface area contributed by atoms with Gasteiger partial charge in [0.1, 0.15) is 5.60 Å². The summed E-state index contributed by atoms with van der Waals surface area (Å²) in [7, 11) is 0. The van der Waals surface area contributed by atoms with Gasteiger partial charge in [-0.25, -0.2) is 14.8 Å². The highest BCUT2D eigenvalue weighted by Gasteiger charge is 2.17. The van der Waals surface area contributed by atoms with Crippen LogP contribution in [0.3, 0.4) is 0 Å². The molecule has 0 radical (unpaired) electrons. The van der Waals surface area contributed by atoms with Crippen molar-refractivity contribution in [1.82, 2.24) is 9.97 Å². The maximum Gasteiger partial charge on any atom is 0.414 e. The number of nitrogens with zero attached hydrogens (tertiary/aromatic N) is 3. The number of nitrogens with one attached hydrogen (secondary N) is 1. The number of aryl methyl sites for hydroxylation is 1. The highest BCUT2D eigenvalue weighted by Crippen LogP contribution is 2.11. The molecule has 0 bridgehead atoms. The lowest BCUT2D eigenvalue weighted by atomic mass is 10.2. The van der Waals surface area contributed by atoms with E-state index in [1.807, 2.05) is 0 Å². The molecular formula is C12H18N4O3. The molecule has 1 rings (SSSR count). The molecule has 1 aromatic rings. The van der Waals surface area contributed by atoms with Gasteiger partial charge in [0.2, 0.25) is 5.95 Å². The van der Waals surface area contributed by atoms with Crippen molar-refractivity contribution in [2.24, 2.45) is 5.16 Å². The molecule has 2 N–H and O–H groups in total. The Morgan fingerprint density at radius 1 is 1.47 bits per heavy atom. The quantitative estimate of drug-likeness (QED) is 0.486. The number of amides is 1. The van der Waals surface area contributed by atoms with Crippen LogP contribution in [0.4, 0.5) is 10.7 Å². The SMILES string of the molecule is C/C(=N\O)c1cnc(NC(=O)OC(C)(C)C)nc1C. The van der Waals surface area contributed by atoms with E-state index in [4.69, 9.17) is 9.94 Å². The van der Waals surface area contributed by atoms with E-state index in [0.717, 1.165) is 0 Å². The van der Waals surface area contributed by atoms with E-state index in [9.17, 15) is 4.79 Å². The van der Waals surface area contributed by atoms with Crippen molar-refractivity contribution < 1.29 is 14.7 Å². The number of anilines is 1. The molecular weight excluding hydrogens is 248 g/mol. The molecule has 0 aliphatic heterocycles. The normalized spacial score (nSPS) is 12.2. The van der Waals surface area contributed by atoms with Gasteiger partial charge in [-0.3, -0.25) is 5.32 Å². The lowest BCUT2D eigenvalue weighted by Gasteiger charge is -2.19. The van der Waals surface area contributed by atoms with Crippen LogP contribution in [0, 0.1) is 6.92 Å². The van der Waals surface area contributed by atoms with Crippen molar-refractivity contribution in [3.8, 4) is 0 Å². The molecule has 0 aliphatic carbocycles. The number of carbonyl (C=O) groups is 1. The second-order valence-corrected chi connectivity index (χ2v) is 5.00. The Hall–Kier alpha value is -2.18. The summed E-state index contributed by atoms with van der Waals surface area (Å²) in [5.74, 6) is 0.140. The van der Waals surface area contributed by atoms with Gasteiger partial charge in [-0.05, 0) is 34.6 Å². The summed E-state index contributed by atoms with van der Waals surface area (Å²) in [4.78, 5) is 19.6. The molecule has 0 aliphatic rings. The third-order valence-electron chi connectivity index (χ3n) is 2.13. The Kier molecular flexibility index (Phi) is 4.42. The topological polar surface area (TPSA) is 96.7 Å². The van der Waals surface area contributed by atoms with Crippen molar-refractivity contribution in [3.63, 3.8) is 0 Å². The lowest BCUT2D eigenvalue weighted by Crippen LogP contribution is -2.28. The average molecular weight is 266 g/mol. The van der Waals surface area contributed by atoms with Crippen LogP contribution in [0.2, 0.25) is 0 Å². The van der Waals surface area contributed by atoms with Crippen LogP contribution < -0.4 is 5.32 Å². The first-order chi connectivity index (χ1) is 8.73. The fraction of sp³-hybridized carbons (Fsp3) is 0.500. The smallest absolute Gasteiger partial charge is 0.414 e. The second-order valence-electron chi connectivity index (χ2n) is 5.00. The molecule has 104 valence electrons. The minimum atomic E-state index is -0.618. The summed E-state index contributed by atoms with van der Waals surface area (Å²) < 4.78 is 5.09. The predicted molar refractivity (Wildman–Crippen MR) is 70.6 cm³/mol. The summed E-state index contributed by atoms with van der Waals surface area (Å²) in [6, 6.07) is 0. The van der Waals surface area contributed by atoms with Gasteiger partial charge in [-0.1, -0.05) is 5.16 Å². The van der Waals surface area contributed by atoms with Gasteiger partial charge < -0.3 is 9.94 Å². The highest BCUT2D eigenvalue weighted by molar-refractivity contribution is 5.99. The summed E-state index contributed by atoms with van der Waals surface area (Å²) in [6.45, 7) is 8.66. The van der Waals surface area contributed by atoms with Gasteiger partial charge >= 0.3 is 6.09 Å². The largest absolute Gasteiger partial charge is 0.444 e. The molecule has 0 spiro atoms. The summed E-state index contributed by atoms with van der Waals surface area (Å²) in [6.07, 6.45) is 0.858. The minimum Gasteiger partial charge on any atom is -0.444 e. The highest BCUT2D eigenvalue weighted by atomic mass is 16.6. The Morgan fingerprint density at radius 3 is 2.58 bits per heavy atom. The Bertz CT molecular complexity index is 506. The van der Waals surface area contributed by atoms with E-state index in [1.54, 1.807) is 34.6 Å². The zero-order valence-corrected chi connectivity index (χ0v) is 11.7. The third kappa shape index (κ3) is 4.53. The monoisotopic (exact) mass is 266 g/mol. The van der Waals surface area contributed by atoms with Gasteiger partial charge in [0, 0.05) is 11.8 Å². The molecule has 7 nitrogen and oxygen atoms in total. The van der Waals surface area contributed by atoms with Crippen LogP contribution in [-0.4, -0.2) is 32.6 Å². The zero-order valence-electron chi connectivity index (χ0n) is 11.7. The predicted octanol–water partition coefficient (Wildman–Crippen LogP) is 2.33. The molecule has 0 atom stereocenters. The van der Waals surface area contributed by atoms with Crippen molar-refractivity contribution in [3.05, 3.63) is 17.5 Å². The number of hydrogen-bond donors (Lipinski definition) is 2. The number of ether oxygens (including phenoxy) is 1. The Labute approximate surface area is 111 Å². The van der Waals surface area contributed by atoms with Crippen molar-refractivity contribution in [1.29, 1.82) is 0 Å². The number of aromatic nitrogens is 2. The lowest BCUT2D eigenvalue weighted by molar-refractivity contribution is 0.0634. The summed E-state index contributed by atoms with van der Waals surface area (Å²) >= 11 is 0. The van der Waals surface area contributed by atoms with Gasteiger partial charge in [0.05, 0.1) is 11.4 Å². The fourth-order valence-electron chi connectivity index (χ4n) is 1.33. The molecule has 1 aromatic heterocycles. The fourth-order valence-corrected chi connectivity index (χ4v) is 1.33. The van der Waals surface area contributed by atoms with Crippen LogP contribution in [-0.2, 0) is 4.74 Å². The van der Waals surface area contributed by atoms with E-state index in [0.29, 0.717) is 17.0 Å². The standard InChI is InChI=1S/C12H18N4O3/c1-7-9(8(2)16-18)6-13-10(14-7)15-11(17)19-12(3,4)5/h6,18H,1-5H3,(H,13,14,15,17)/b16-8+. The van der Waals surface area contributed by atoms with Crippen LogP contribution in [0.1, 0.15) is 39.0 Å². The van der Waals surface area contributed by atoms with E-state index < -0.39 is 11.7 Å². The molecule has 0 aromatic carbocycles. The first-order valence-corrected chi connectivity index (χ1v) is 5.75. The molecule has 0 saturated heterocycles. The van der Waals surface area contributed by atoms with Crippen molar-refractivity contribution in [2.45, 2.75) is 40.2 Å². The first kappa shape index (κ1) is 14.9. The van der Waals surface area contributed by atoms with Crippen LogP contribution in [0.5, 0.6) is 0 Å². The maximum atomic E-state index is 11.5. The Morgan fingerprint density at radius 2 is 2.11 bits per heavy atom. The van der Waals surface area contributed by atoms with Crippen molar-refractivity contribution >= 4 is 17.8 Å². The van der Waals surface area contributed by atoms with Gasteiger partial charge in [-0.2, -0.15) is 0 Å². The summed E-state index contributed by atoms with van der Waals surface area (Å²) in [5, 5.41) is 14.2. The first-order valence-electron chi connectivity index (χ1n) is 5.75. The van der Waals surface area contributed by atoms with E-state index in [1.165, 1.54) is 6.20 Å². The molecule has 1 amide bonds. The van der Waals surface area contributed by atoms with Gasteiger partial charge in [0.15, 0.2) is 0 Å². The maximum absolute atomic E-state index is 11.5. The molecule has 19 heavy (non-hydrogen) atoms. The van der Waals surface area contributed by atoms with Gasteiger partial charge in [0.25, 0.3) is 0 Å². The van der Waals surface area contributed by atoms with Crippen molar-refractivity contribution in [2.75, 3.05) is 5.32 Å². The minimum absolute atomic E-state index is 0.140. The molecule has 0 fully saturated rings. The van der Waals surface area contributed by atoms with E-state index in [2.05, 4.69) is 20.4 Å². The molecule has 0 saturated carbocycles. The van der Waals surface area contributed by atoms with E-state index in [-0.39, 0.29) is 5.95 Å². The van der Waals surface area contributed by atoms with Crippen LogP contribution >= 0.6 is 0 Å². The molecule has 7 heteroatoms. The van der Waals surface area contributed by atoms with Gasteiger partial charge in [-0.15, -0.1) is 0 Å². The average Bonchev–Trinajstić information content (AvgIpc) is 2.25. The second kappa shape index (κ2) is 5.64. The summed E-state index contributed by atoms with van der Waals surface area (Å²) in [5.41, 5.74) is 1.02. The van der Waals surface area contributed by atoms with Crippen LogP contribution in [0.15, 0.2) is 11.4 Å². The van der Waals surface area contributed by atoms with Crippen LogP contribution in [0.25, 0.3) is 0 Å². The molecule has 1 heterocycles. The zero-order chi connectivity index (χ0) is 14.6.